The maximum Gasteiger partial charge on any atom is 0.210 e. The number of allylic oxidation sites excluding steroid dienone is 2. The van der Waals surface area contributed by atoms with Crippen LogP contribution >= 0.6 is 0 Å². The second-order valence-electron chi connectivity index (χ2n) is 6.83. The Morgan fingerprint density at radius 3 is 2.04 bits per heavy atom. The minimum absolute atomic E-state index is 0.0662. The van der Waals surface area contributed by atoms with Crippen LogP contribution in [0.15, 0.2) is 48.2 Å². The summed E-state index contributed by atoms with van der Waals surface area (Å²) in [5.74, 6) is -0.140. The molecule has 4 heteroatoms. The summed E-state index contributed by atoms with van der Waals surface area (Å²) >= 11 is 0. The Morgan fingerprint density at radius 1 is 0.846 bits per heavy atom. The van der Waals surface area contributed by atoms with Crippen molar-refractivity contribution in [2.45, 2.75) is 13.8 Å². The van der Waals surface area contributed by atoms with E-state index in [1.165, 1.54) is 0 Å². The van der Waals surface area contributed by atoms with Gasteiger partial charge in [-0.25, -0.2) is 0 Å². The van der Waals surface area contributed by atoms with Gasteiger partial charge in [0.1, 0.15) is 0 Å². The van der Waals surface area contributed by atoms with Crippen LogP contribution in [0.2, 0.25) is 0 Å². The van der Waals surface area contributed by atoms with Gasteiger partial charge in [0.15, 0.2) is 5.78 Å². The first-order chi connectivity index (χ1) is 12.6. The molecular weight excluding hydrogens is 326 g/mol. The molecule has 0 amide bonds. The molecule has 2 aliphatic rings. The van der Waals surface area contributed by atoms with Crippen LogP contribution in [0.1, 0.15) is 37.4 Å². The molecule has 0 bridgehead atoms. The molecule has 0 atom stereocenters. The van der Waals surface area contributed by atoms with Crippen molar-refractivity contribution >= 4 is 17.1 Å². The summed E-state index contributed by atoms with van der Waals surface area (Å²) in [5.41, 5.74) is 4.87. The number of ether oxygens (including phenoxy) is 1. The Hall–Kier alpha value is -2.72. The molecule has 2 aromatic carbocycles. The average molecular weight is 347 g/mol. The van der Waals surface area contributed by atoms with Crippen LogP contribution in [0, 0.1) is 13.8 Å². The summed E-state index contributed by atoms with van der Waals surface area (Å²) < 4.78 is 5.44. The van der Waals surface area contributed by atoms with Gasteiger partial charge in [0, 0.05) is 24.2 Å². The Kier molecular flexibility index (Phi) is 4.21. The van der Waals surface area contributed by atoms with E-state index in [2.05, 4.69) is 0 Å². The number of rotatable bonds is 2. The first-order valence-electron chi connectivity index (χ1n) is 8.91. The normalized spacial score (nSPS) is 17.5. The highest BCUT2D eigenvalue weighted by atomic mass is 16.5. The van der Waals surface area contributed by atoms with Crippen molar-refractivity contribution in [1.82, 2.24) is 4.90 Å². The maximum atomic E-state index is 13.4. The van der Waals surface area contributed by atoms with Crippen molar-refractivity contribution in [1.29, 1.82) is 0 Å². The molecule has 1 saturated heterocycles. The van der Waals surface area contributed by atoms with Gasteiger partial charge in [-0.2, -0.15) is 0 Å². The number of nitrogens with zero attached hydrogens (tertiary/aromatic N) is 1. The van der Waals surface area contributed by atoms with Crippen LogP contribution < -0.4 is 0 Å². The summed E-state index contributed by atoms with van der Waals surface area (Å²) in [7, 11) is 0. The van der Waals surface area contributed by atoms with Gasteiger partial charge in [-0.05, 0) is 42.7 Å². The molecule has 26 heavy (non-hydrogen) atoms. The van der Waals surface area contributed by atoms with Crippen LogP contribution in [-0.4, -0.2) is 42.8 Å². The van der Waals surface area contributed by atoms with Gasteiger partial charge >= 0.3 is 0 Å². The lowest BCUT2D eigenvalue weighted by Crippen LogP contribution is -2.41. The molecule has 0 radical (unpaired) electrons. The highest BCUT2D eigenvalue weighted by Crippen LogP contribution is 2.35. The van der Waals surface area contributed by atoms with Crippen molar-refractivity contribution in [2.24, 2.45) is 0 Å². The fourth-order valence-electron chi connectivity index (χ4n) is 3.64. The van der Waals surface area contributed by atoms with E-state index in [-0.39, 0.29) is 11.6 Å². The minimum atomic E-state index is -0.0737. The first-order valence-corrected chi connectivity index (χ1v) is 8.91. The molecule has 1 aliphatic heterocycles. The SMILES string of the molecule is Cc1cc2c(cc1C)C(=O)C(N1CCOCC1)=C(c1ccccc1)C2=O. The van der Waals surface area contributed by atoms with Crippen LogP contribution in [0.5, 0.6) is 0 Å². The lowest BCUT2D eigenvalue weighted by molar-refractivity contribution is 0.0506. The summed E-state index contributed by atoms with van der Waals surface area (Å²) in [6.45, 7) is 6.30. The van der Waals surface area contributed by atoms with E-state index in [0.717, 1.165) is 16.7 Å². The zero-order chi connectivity index (χ0) is 18.3. The highest BCUT2D eigenvalue weighted by molar-refractivity contribution is 6.40. The van der Waals surface area contributed by atoms with E-state index in [0.29, 0.717) is 48.7 Å². The number of fused-ring (bicyclic) bond motifs is 1. The number of carbonyl (C=O) groups excluding carboxylic acids is 2. The van der Waals surface area contributed by atoms with Gasteiger partial charge in [-0.3, -0.25) is 9.59 Å². The molecule has 0 unspecified atom stereocenters. The molecule has 0 saturated carbocycles. The Bertz CT molecular complexity index is 922. The maximum absolute atomic E-state index is 13.4. The summed E-state index contributed by atoms with van der Waals surface area (Å²) in [6.07, 6.45) is 0. The number of aryl methyl sites for hydroxylation is 2. The smallest absolute Gasteiger partial charge is 0.210 e. The number of carbonyl (C=O) groups is 2. The molecule has 132 valence electrons. The van der Waals surface area contributed by atoms with Crippen LogP contribution in [-0.2, 0) is 4.74 Å². The van der Waals surface area contributed by atoms with Crippen molar-refractivity contribution in [3.05, 3.63) is 76.0 Å². The van der Waals surface area contributed by atoms with E-state index >= 15 is 0 Å². The van der Waals surface area contributed by atoms with Gasteiger partial charge in [0.05, 0.1) is 24.5 Å². The number of ketones is 2. The molecule has 4 nitrogen and oxygen atoms in total. The quantitative estimate of drug-likeness (QED) is 0.835. The monoisotopic (exact) mass is 347 g/mol. The Labute approximate surface area is 153 Å². The van der Waals surface area contributed by atoms with E-state index in [1.54, 1.807) is 0 Å². The second-order valence-corrected chi connectivity index (χ2v) is 6.83. The third-order valence-corrected chi connectivity index (χ3v) is 5.19. The second kappa shape index (κ2) is 6.54. The van der Waals surface area contributed by atoms with Crippen molar-refractivity contribution in [2.75, 3.05) is 26.3 Å². The van der Waals surface area contributed by atoms with Crippen molar-refractivity contribution in [3.63, 3.8) is 0 Å². The molecular formula is C22H21NO3. The largest absolute Gasteiger partial charge is 0.378 e. The molecule has 0 aromatic heterocycles. The minimum Gasteiger partial charge on any atom is -0.378 e. The number of benzene rings is 2. The molecule has 2 aromatic rings. The van der Waals surface area contributed by atoms with E-state index in [9.17, 15) is 9.59 Å². The standard InChI is InChI=1S/C22H21NO3/c1-14-12-17-18(13-15(14)2)22(25)20(23-8-10-26-11-9-23)19(21(17)24)16-6-4-3-5-7-16/h3-7,12-13H,8-11H2,1-2H3. The van der Waals surface area contributed by atoms with E-state index in [4.69, 9.17) is 4.74 Å². The molecule has 1 aliphatic carbocycles. The summed E-state index contributed by atoms with van der Waals surface area (Å²) in [5, 5.41) is 0. The van der Waals surface area contributed by atoms with E-state index in [1.807, 2.05) is 61.2 Å². The van der Waals surface area contributed by atoms with Crippen molar-refractivity contribution in [3.8, 4) is 0 Å². The molecule has 1 fully saturated rings. The first kappa shape index (κ1) is 16.7. The van der Waals surface area contributed by atoms with Gasteiger partial charge in [0.2, 0.25) is 5.78 Å². The molecule has 0 N–H and O–H groups in total. The van der Waals surface area contributed by atoms with Gasteiger partial charge in [-0.1, -0.05) is 30.3 Å². The number of hydrogen-bond acceptors (Lipinski definition) is 4. The average Bonchev–Trinajstić information content (AvgIpc) is 2.67. The number of hydrogen-bond donors (Lipinski definition) is 0. The van der Waals surface area contributed by atoms with Crippen LogP contribution in [0.25, 0.3) is 5.57 Å². The third kappa shape index (κ3) is 2.67. The van der Waals surface area contributed by atoms with E-state index < -0.39 is 0 Å². The predicted molar refractivity (Wildman–Crippen MR) is 100 cm³/mol. The summed E-state index contributed by atoms with van der Waals surface area (Å²) in [4.78, 5) is 28.8. The zero-order valence-corrected chi connectivity index (χ0v) is 15.0. The van der Waals surface area contributed by atoms with Gasteiger partial charge < -0.3 is 9.64 Å². The molecule has 1 heterocycles. The zero-order valence-electron chi connectivity index (χ0n) is 15.0. The van der Waals surface area contributed by atoms with Crippen LogP contribution in [0.4, 0.5) is 0 Å². The van der Waals surface area contributed by atoms with Gasteiger partial charge in [0.25, 0.3) is 0 Å². The van der Waals surface area contributed by atoms with Crippen LogP contribution in [0.3, 0.4) is 0 Å². The fraction of sp³-hybridized carbons (Fsp3) is 0.273. The number of Topliss-reactive ketones (excluding diaryl/α,β-unsaturated/α-hetero) is 2. The predicted octanol–water partition coefficient (Wildman–Crippen LogP) is 3.43. The molecule has 0 spiro atoms. The topological polar surface area (TPSA) is 46.6 Å². The lowest BCUT2D eigenvalue weighted by Gasteiger charge is -2.34. The van der Waals surface area contributed by atoms with Gasteiger partial charge in [-0.15, -0.1) is 0 Å². The Morgan fingerprint density at radius 2 is 1.42 bits per heavy atom. The molecule has 4 rings (SSSR count). The number of morpholine rings is 1. The highest BCUT2D eigenvalue weighted by Gasteiger charge is 2.36. The van der Waals surface area contributed by atoms with Crippen molar-refractivity contribution < 1.29 is 14.3 Å². The summed E-state index contributed by atoms with van der Waals surface area (Å²) in [6, 6.07) is 13.2. The Balaban J connectivity index is 1.95. The third-order valence-electron chi connectivity index (χ3n) is 5.19. The fourth-order valence-corrected chi connectivity index (χ4v) is 3.64. The lowest BCUT2D eigenvalue weighted by atomic mass is 9.81.